The van der Waals surface area contributed by atoms with Crippen molar-refractivity contribution in [2.45, 2.75) is 161 Å². The number of rotatable bonds is 28. The molecule has 0 saturated heterocycles. The monoisotopic (exact) mass is 542 g/mol. The summed E-state index contributed by atoms with van der Waals surface area (Å²) in [5.41, 5.74) is 0. The minimum atomic E-state index is -0.659. The number of para-hydroxylation sites is 1. The maximum atomic E-state index is 11.7. The van der Waals surface area contributed by atoms with Crippen molar-refractivity contribution < 1.29 is 19.4 Å². The molecule has 39 heavy (non-hydrogen) atoms. The van der Waals surface area contributed by atoms with Crippen LogP contribution in [-0.4, -0.2) is 17.0 Å². The Balaban J connectivity index is 1.69. The van der Waals surface area contributed by atoms with Crippen molar-refractivity contribution in [3.63, 3.8) is 0 Å². The normalized spacial score (nSPS) is 11.3. The van der Waals surface area contributed by atoms with Crippen LogP contribution in [0.1, 0.15) is 161 Å². The second kappa shape index (κ2) is 27.5. The highest BCUT2D eigenvalue weighted by Crippen LogP contribution is 2.16. The molecule has 1 rings (SSSR count). The van der Waals surface area contributed by atoms with E-state index in [-0.39, 0.29) is 5.97 Å². The van der Waals surface area contributed by atoms with Crippen LogP contribution >= 0.6 is 0 Å². The Hall–Kier alpha value is -2.10. The van der Waals surface area contributed by atoms with Crippen LogP contribution in [0.5, 0.6) is 5.75 Å². The van der Waals surface area contributed by atoms with Crippen LogP contribution in [0.4, 0.5) is 0 Å². The predicted molar refractivity (Wildman–Crippen MR) is 164 cm³/mol. The highest BCUT2D eigenvalue weighted by Gasteiger charge is 1.99. The SMILES string of the molecule is O=C(O)CCCCCCCCCCCCCCCCCCCCCCCCCC=CC(=O)Oc1ccccc1. The summed E-state index contributed by atoms with van der Waals surface area (Å²) >= 11 is 0. The van der Waals surface area contributed by atoms with Crippen LogP contribution in [-0.2, 0) is 9.59 Å². The largest absolute Gasteiger partial charge is 0.481 e. The van der Waals surface area contributed by atoms with Gasteiger partial charge in [-0.15, -0.1) is 0 Å². The van der Waals surface area contributed by atoms with Crippen molar-refractivity contribution in [2.24, 2.45) is 0 Å². The summed E-state index contributed by atoms with van der Waals surface area (Å²) in [6.07, 6.45) is 35.1. The number of aliphatic carboxylic acids is 1. The predicted octanol–water partition coefficient (Wildman–Crippen LogP) is 11.0. The van der Waals surface area contributed by atoms with Crippen LogP contribution in [0, 0.1) is 0 Å². The summed E-state index contributed by atoms with van der Waals surface area (Å²) in [7, 11) is 0. The van der Waals surface area contributed by atoms with Gasteiger partial charge in [0.15, 0.2) is 0 Å². The Morgan fingerprint density at radius 2 is 0.897 bits per heavy atom. The van der Waals surface area contributed by atoms with Gasteiger partial charge < -0.3 is 9.84 Å². The number of allylic oxidation sites excluding steroid dienone is 1. The van der Waals surface area contributed by atoms with E-state index in [0.29, 0.717) is 12.2 Å². The van der Waals surface area contributed by atoms with Gasteiger partial charge in [0, 0.05) is 12.5 Å². The molecule has 0 fully saturated rings. The Kier molecular flexibility index (Phi) is 24.6. The van der Waals surface area contributed by atoms with E-state index in [0.717, 1.165) is 25.7 Å². The molecule has 4 nitrogen and oxygen atoms in total. The zero-order chi connectivity index (χ0) is 28.1. The second-order valence-electron chi connectivity index (χ2n) is 11.2. The molecule has 1 N–H and O–H groups in total. The van der Waals surface area contributed by atoms with Crippen LogP contribution in [0.15, 0.2) is 42.5 Å². The molecule has 1 aromatic carbocycles. The summed E-state index contributed by atoms with van der Waals surface area (Å²) in [6, 6.07) is 9.21. The van der Waals surface area contributed by atoms with Gasteiger partial charge in [-0.3, -0.25) is 4.79 Å². The molecule has 4 heteroatoms. The maximum Gasteiger partial charge on any atom is 0.335 e. The Labute approximate surface area is 240 Å². The third-order valence-corrected chi connectivity index (χ3v) is 7.48. The average molecular weight is 543 g/mol. The minimum Gasteiger partial charge on any atom is -0.481 e. The Morgan fingerprint density at radius 1 is 0.538 bits per heavy atom. The molecule has 0 aliphatic carbocycles. The number of carboxylic acids is 1. The summed E-state index contributed by atoms with van der Waals surface area (Å²) < 4.78 is 5.24. The topological polar surface area (TPSA) is 63.6 Å². The van der Waals surface area contributed by atoms with Crippen molar-refractivity contribution >= 4 is 11.9 Å². The van der Waals surface area contributed by atoms with E-state index >= 15 is 0 Å². The maximum absolute atomic E-state index is 11.7. The van der Waals surface area contributed by atoms with E-state index in [9.17, 15) is 9.59 Å². The number of hydrogen-bond donors (Lipinski definition) is 1. The number of unbranched alkanes of at least 4 members (excludes halogenated alkanes) is 23. The van der Waals surface area contributed by atoms with Crippen LogP contribution in [0.2, 0.25) is 0 Å². The number of benzene rings is 1. The third kappa shape index (κ3) is 25.9. The van der Waals surface area contributed by atoms with Gasteiger partial charge in [0.25, 0.3) is 0 Å². The van der Waals surface area contributed by atoms with E-state index in [4.69, 9.17) is 9.84 Å². The van der Waals surface area contributed by atoms with E-state index < -0.39 is 5.97 Å². The summed E-state index contributed by atoms with van der Waals surface area (Å²) in [5, 5.41) is 8.62. The highest BCUT2D eigenvalue weighted by molar-refractivity contribution is 5.83. The molecule has 0 amide bonds. The molecule has 0 saturated carbocycles. The van der Waals surface area contributed by atoms with Crippen molar-refractivity contribution in [1.82, 2.24) is 0 Å². The third-order valence-electron chi connectivity index (χ3n) is 7.48. The number of carbonyl (C=O) groups excluding carboxylic acids is 1. The zero-order valence-electron chi connectivity index (χ0n) is 24.9. The Bertz CT molecular complexity index is 713. The standard InChI is InChI=1S/C35H58O4/c36-34(37)31-27-22-20-18-16-14-12-10-8-6-4-2-1-3-5-7-9-11-13-15-17-19-21-23-28-32-35(38)39-33-29-25-24-26-30-33/h24-26,28-30,32H,1-23,27,31H2,(H,36,37). The van der Waals surface area contributed by atoms with Crippen LogP contribution in [0.3, 0.4) is 0 Å². The molecule has 0 aliphatic heterocycles. The molecule has 0 radical (unpaired) electrons. The molecular weight excluding hydrogens is 484 g/mol. The van der Waals surface area contributed by atoms with Crippen LogP contribution in [0.25, 0.3) is 0 Å². The smallest absolute Gasteiger partial charge is 0.335 e. The van der Waals surface area contributed by atoms with Crippen molar-refractivity contribution in [3.05, 3.63) is 42.5 Å². The number of esters is 1. The number of ether oxygens (including phenoxy) is 1. The van der Waals surface area contributed by atoms with Gasteiger partial charge in [-0.1, -0.05) is 159 Å². The van der Waals surface area contributed by atoms with Gasteiger partial charge in [-0.25, -0.2) is 4.79 Å². The summed E-state index contributed by atoms with van der Waals surface area (Å²) in [6.45, 7) is 0. The average Bonchev–Trinajstić information content (AvgIpc) is 2.93. The van der Waals surface area contributed by atoms with Gasteiger partial charge in [0.05, 0.1) is 0 Å². The van der Waals surface area contributed by atoms with E-state index in [2.05, 4.69) is 0 Å². The number of carbonyl (C=O) groups is 2. The van der Waals surface area contributed by atoms with E-state index in [1.807, 2.05) is 24.3 Å². The fourth-order valence-electron chi connectivity index (χ4n) is 5.07. The van der Waals surface area contributed by atoms with Gasteiger partial charge in [-0.05, 0) is 31.4 Å². The lowest BCUT2D eigenvalue weighted by molar-refractivity contribution is -0.137. The quantitative estimate of drug-likeness (QED) is 0.0495. The molecule has 0 aliphatic rings. The highest BCUT2D eigenvalue weighted by atomic mass is 16.5. The lowest BCUT2D eigenvalue weighted by atomic mass is 10.0. The van der Waals surface area contributed by atoms with Gasteiger partial charge >= 0.3 is 11.9 Å². The molecule has 0 atom stereocenters. The second-order valence-corrected chi connectivity index (χ2v) is 11.2. The molecule has 0 heterocycles. The fourth-order valence-corrected chi connectivity index (χ4v) is 5.07. The van der Waals surface area contributed by atoms with Crippen LogP contribution < -0.4 is 4.74 Å². The first-order valence-corrected chi connectivity index (χ1v) is 16.3. The molecular formula is C35H58O4. The minimum absolute atomic E-state index is 0.292. The summed E-state index contributed by atoms with van der Waals surface area (Å²) in [4.78, 5) is 22.2. The van der Waals surface area contributed by atoms with Gasteiger partial charge in [-0.2, -0.15) is 0 Å². The number of hydrogen-bond acceptors (Lipinski definition) is 3. The molecule has 222 valence electrons. The number of carboxylic acid groups (broad SMARTS) is 1. The first kappa shape index (κ1) is 34.9. The van der Waals surface area contributed by atoms with Crippen molar-refractivity contribution in [1.29, 1.82) is 0 Å². The molecule has 0 unspecified atom stereocenters. The molecule has 1 aromatic rings. The zero-order valence-corrected chi connectivity index (χ0v) is 24.9. The van der Waals surface area contributed by atoms with Crippen molar-refractivity contribution in [3.8, 4) is 5.75 Å². The first-order valence-electron chi connectivity index (χ1n) is 16.3. The first-order chi connectivity index (χ1) is 19.2. The summed E-state index contributed by atoms with van der Waals surface area (Å²) in [5.74, 6) is -0.357. The molecule has 0 aromatic heterocycles. The van der Waals surface area contributed by atoms with E-state index in [1.165, 1.54) is 128 Å². The van der Waals surface area contributed by atoms with Gasteiger partial charge in [0.1, 0.15) is 5.75 Å². The lowest BCUT2D eigenvalue weighted by Crippen LogP contribution is -2.03. The van der Waals surface area contributed by atoms with E-state index in [1.54, 1.807) is 18.2 Å². The Morgan fingerprint density at radius 3 is 1.28 bits per heavy atom. The molecule has 0 bridgehead atoms. The molecule has 0 spiro atoms. The lowest BCUT2D eigenvalue weighted by Gasteiger charge is -2.04. The van der Waals surface area contributed by atoms with Crippen molar-refractivity contribution in [2.75, 3.05) is 0 Å². The fraction of sp³-hybridized carbons (Fsp3) is 0.714. The van der Waals surface area contributed by atoms with Gasteiger partial charge in [0.2, 0.25) is 0 Å².